The maximum Gasteiger partial charge on any atom is 0.180 e. The number of anilines is 1. The van der Waals surface area contributed by atoms with Gasteiger partial charge in [-0.25, -0.2) is 15.0 Å². The first kappa shape index (κ1) is 14.4. The third-order valence-electron chi connectivity index (χ3n) is 4.12. The number of halogens is 1. The molecule has 1 aliphatic heterocycles. The van der Waals surface area contributed by atoms with Gasteiger partial charge in [-0.05, 0) is 31.0 Å². The molecule has 23 heavy (non-hydrogen) atoms. The number of imidazole rings is 1. The molecule has 1 fully saturated rings. The van der Waals surface area contributed by atoms with E-state index in [1.54, 1.807) is 12.4 Å². The molecule has 2 N–H and O–H groups in total. The molecule has 7 heteroatoms. The van der Waals surface area contributed by atoms with E-state index < -0.39 is 0 Å². The van der Waals surface area contributed by atoms with Gasteiger partial charge >= 0.3 is 0 Å². The summed E-state index contributed by atoms with van der Waals surface area (Å²) in [4.78, 5) is 15.7. The quantitative estimate of drug-likeness (QED) is 0.782. The predicted octanol–water partition coefficient (Wildman–Crippen LogP) is 2.37. The number of hydrogen-bond acceptors (Lipinski definition) is 5. The van der Waals surface area contributed by atoms with Crippen molar-refractivity contribution in [3.63, 3.8) is 0 Å². The standard InChI is InChI=1S/C16H17ClN6/c17-11-3-4-14-20-8-13(23(14)9-11)16-19-6-5-15(21-16)22-7-1-2-12(18)10-22/h3-6,8-9,12H,1-2,7,10,18H2/t12-/m0/s1. The Labute approximate surface area is 138 Å². The summed E-state index contributed by atoms with van der Waals surface area (Å²) in [7, 11) is 0. The average molecular weight is 329 g/mol. The van der Waals surface area contributed by atoms with Crippen LogP contribution in [0.4, 0.5) is 5.82 Å². The first-order chi connectivity index (χ1) is 11.2. The van der Waals surface area contributed by atoms with Crippen LogP contribution in [0.5, 0.6) is 0 Å². The molecule has 1 atom stereocenters. The topological polar surface area (TPSA) is 72.3 Å². The second-order valence-electron chi connectivity index (χ2n) is 5.81. The third-order valence-corrected chi connectivity index (χ3v) is 4.34. The van der Waals surface area contributed by atoms with Crippen molar-refractivity contribution in [2.45, 2.75) is 18.9 Å². The molecule has 0 amide bonds. The SMILES string of the molecule is N[C@H]1CCCN(c2ccnc(-c3cnc4ccc(Cl)cn34)n2)C1. The molecule has 1 saturated heterocycles. The lowest BCUT2D eigenvalue weighted by atomic mass is 10.1. The van der Waals surface area contributed by atoms with Crippen LogP contribution in [-0.2, 0) is 0 Å². The molecule has 0 radical (unpaired) electrons. The highest BCUT2D eigenvalue weighted by Crippen LogP contribution is 2.23. The Morgan fingerprint density at radius 1 is 1.22 bits per heavy atom. The smallest absolute Gasteiger partial charge is 0.180 e. The molecular weight excluding hydrogens is 312 g/mol. The van der Waals surface area contributed by atoms with E-state index in [-0.39, 0.29) is 6.04 Å². The highest BCUT2D eigenvalue weighted by molar-refractivity contribution is 6.30. The molecule has 0 bridgehead atoms. The lowest BCUT2D eigenvalue weighted by molar-refractivity contribution is 0.503. The lowest BCUT2D eigenvalue weighted by Crippen LogP contribution is -2.43. The molecule has 0 spiro atoms. The van der Waals surface area contributed by atoms with Gasteiger partial charge in [0.1, 0.15) is 17.2 Å². The summed E-state index contributed by atoms with van der Waals surface area (Å²) in [6.07, 6.45) is 7.53. The van der Waals surface area contributed by atoms with Crippen LogP contribution < -0.4 is 10.6 Å². The Morgan fingerprint density at radius 2 is 2.13 bits per heavy atom. The molecular formula is C16H17ClN6. The normalized spacial score (nSPS) is 18.5. The Bertz CT molecular complexity index is 845. The van der Waals surface area contributed by atoms with E-state index >= 15 is 0 Å². The van der Waals surface area contributed by atoms with E-state index in [1.165, 1.54) is 0 Å². The first-order valence-electron chi connectivity index (χ1n) is 7.67. The number of aromatic nitrogens is 4. The Hall–Kier alpha value is -2.18. The molecule has 0 unspecified atom stereocenters. The minimum atomic E-state index is 0.205. The maximum absolute atomic E-state index is 6.09. The van der Waals surface area contributed by atoms with Crippen LogP contribution in [0.25, 0.3) is 17.2 Å². The monoisotopic (exact) mass is 328 g/mol. The maximum atomic E-state index is 6.09. The third kappa shape index (κ3) is 2.75. The highest BCUT2D eigenvalue weighted by Gasteiger charge is 2.19. The number of rotatable bonds is 2. The Morgan fingerprint density at radius 3 is 3.00 bits per heavy atom. The van der Waals surface area contributed by atoms with Gasteiger partial charge in [0, 0.05) is 31.5 Å². The van der Waals surface area contributed by atoms with Crippen LogP contribution in [0, 0.1) is 0 Å². The first-order valence-corrected chi connectivity index (χ1v) is 8.05. The second kappa shape index (κ2) is 5.79. The number of fused-ring (bicyclic) bond motifs is 1. The molecule has 4 rings (SSSR count). The van der Waals surface area contributed by atoms with E-state index in [4.69, 9.17) is 22.3 Å². The highest BCUT2D eigenvalue weighted by atomic mass is 35.5. The van der Waals surface area contributed by atoms with E-state index in [0.29, 0.717) is 10.8 Å². The zero-order chi connectivity index (χ0) is 15.8. The molecule has 0 saturated carbocycles. The Kier molecular flexibility index (Phi) is 3.63. The fraction of sp³-hybridized carbons (Fsp3) is 0.312. The van der Waals surface area contributed by atoms with E-state index in [0.717, 1.165) is 43.1 Å². The van der Waals surface area contributed by atoms with Gasteiger partial charge in [0.25, 0.3) is 0 Å². The number of nitrogens with two attached hydrogens (primary N) is 1. The molecule has 4 heterocycles. The minimum absolute atomic E-state index is 0.205. The van der Waals surface area contributed by atoms with Crippen molar-refractivity contribution < 1.29 is 0 Å². The number of nitrogens with zero attached hydrogens (tertiary/aromatic N) is 5. The van der Waals surface area contributed by atoms with Crippen molar-refractivity contribution in [2.75, 3.05) is 18.0 Å². The van der Waals surface area contributed by atoms with Crippen molar-refractivity contribution in [3.8, 4) is 11.5 Å². The van der Waals surface area contributed by atoms with E-state index in [2.05, 4.69) is 14.9 Å². The zero-order valence-electron chi connectivity index (χ0n) is 12.6. The van der Waals surface area contributed by atoms with Gasteiger partial charge in [-0.15, -0.1) is 0 Å². The van der Waals surface area contributed by atoms with Crippen LogP contribution in [-0.4, -0.2) is 38.5 Å². The van der Waals surface area contributed by atoms with Crippen molar-refractivity contribution in [1.29, 1.82) is 0 Å². The fourth-order valence-corrected chi connectivity index (χ4v) is 3.15. The summed E-state index contributed by atoms with van der Waals surface area (Å²) >= 11 is 6.09. The summed E-state index contributed by atoms with van der Waals surface area (Å²) in [6.45, 7) is 1.80. The number of pyridine rings is 1. The minimum Gasteiger partial charge on any atom is -0.355 e. The second-order valence-corrected chi connectivity index (χ2v) is 6.24. The van der Waals surface area contributed by atoms with Gasteiger partial charge in [0.05, 0.1) is 11.2 Å². The molecule has 0 aliphatic carbocycles. The summed E-state index contributed by atoms with van der Waals surface area (Å²) in [6, 6.07) is 5.83. The van der Waals surface area contributed by atoms with Gasteiger partial charge in [-0.1, -0.05) is 11.6 Å². The summed E-state index contributed by atoms with van der Waals surface area (Å²) in [5, 5.41) is 0.648. The van der Waals surface area contributed by atoms with Crippen molar-refractivity contribution in [1.82, 2.24) is 19.4 Å². The fourth-order valence-electron chi connectivity index (χ4n) is 2.99. The lowest BCUT2D eigenvalue weighted by Gasteiger charge is -2.31. The van der Waals surface area contributed by atoms with Crippen LogP contribution in [0.2, 0.25) is 5.02 Å². The summed E-state index contributed by atoms with van der Waals surface area (Å²) in [5.41, 5.74) is 7.71. The van der Waals surface area contributed by atoms with Crippen molar-refractivity contribution in [2.24, 2.45) is 5.73 Å². The molecule has 3 aromatic heterocycles. The van der Waals surface area contributed by atoms with Crippen LogP contribution in [0.15, 0.2) is 36.8 Å². The Balaban J connectivity index is 1.74. The van der Waals surface area contributed by atoms with Crippen LogP contribution >= 0.6 is 11.6 Å². The van der Waals surface area contributed by atoms with E-state index in [9.17, 15) is 0 Å². The molecule has 118 valence electrons. The number of piperidine rings is 1. The predicted molar refractivity (Wildman–Crippen MR) is 90.7 cm³/mol. The van der Waals surface area contributed by atoms with Crippen molar-refractivity contribution >= 4 is 23.1 Å². The summed E-state index contributed by atoms with van der Waals surface area (Å²) in [5.74, 6) is 1.54. The largest absolute Gasteiger partial charge is 0.355 e. The average Bonchev–Trinajstić information content (AvgIpc) is 2.98. The molecule has 0 aromatic carbocycles. The van der Waals surface area contributed by atoms with Gasteiger partial charge < -0.3 is 10.6 Å². The van der Waals surface area contributed by atoms with Crippen LogP contribution in [0.1, 0.15) is 12.8 Å². The number of hydrogen-bond donors (Lipinski definition) is 1. The van der Waals surface area contributed by atoms with Crippen LogP contribution in [0.3, 0.4) is 0 Å². The van der Waals surface area contributed by atoms with Gasteiger partial charge in [0.2, 0.25) is 0 Å². The van der Waals surface area contributed by atoms with Crippen molar-refractivity contribution in [3.05, 3.63) is 41.8 Å². The van der Waals surface area contributed by atoms with E-state index in [1.807, 2.05) is 28.8 Å². The van der Waals surface area contributed by atoms with Gasteiger partial charge in [-0.2, -0.15) is 0 Å². The summed E-state index contributed by atoms with van der Waals surface area (Å²) < 4.78 is 1.91. The molecule has 6 nitrogen and oxygen atoms in total. The van der Waals surface area contributed by atoms with Gasteiger partial charge in [0.15, 0.2) is 5.82 Å². The zero-order valence-corrected chi connectivity index (χ0v) is 13.3. The van der Waals surface area contributed by atoms with Gasteiger partial charge in [-0.3, -0.25) is 4.40 Å². The molecule has 1 aliphatic rings. The molecule has 3 aromatic rings.